The first kappa shape index (κ1) is 13.8. The van der Waals surface area contributed by atoms with Crippen LogP contribution >= 0.6 is 0 Å². The number of carbonyl (C=O) groups is 1. The SMILES string of the molecule is C/C=C(\COc1ccc(C#N)cc1)C(=O)OCC. The molecule has 0 heterocycles. The number of nitrogens with zero attached hydrogens (tertiary/aromatic N) is 1. The van der Waals surface area contributed by atoms with Crippen molar-refractivity contribution in [2.45, 2.75) is 13.8 Å². The Bertz CT molecular complexity index is 469. The van der Waals surface area contributed by atoms with Crippen LogP contribution < -0.4 is 4.74 Å². The summed E-state index contributed by atoms with van der Waals surface area (Å²) in [6.45, 7) is 4.01. The largest absolute Gasteiger partial charge is 0.489 e. The quantitative estimate of drug-likeness (QED) is 0.590. The van der Waals surface area contributed by atoms with Crippen LogP contribution in [0.25, 0.3) is 0 Å². The molecule has 0 spiro atoms. The fourth-order valence-electron chi connectivity index (χ4n) is 1.27. The summed E-state index contributed by atoms with van der Waals surface area (Å²) in [5.41, 5.74) is 1.04. The summed E-state index contributed by atoms with van der Waals surface area (Å²) in [5, 5.41) is 8.66. The van der Waals surface area contributed by atoms with E-state index in [9.17, 15) is 4.79 Å². The number of nitriles is 1. The number of esters is 1. The lowest BCUT2D eigenvalue weighted by molar-refractivity contribution is -0.138. The standard InChI is InChI=1S/C14H15NO3/c1-3-12(14(16)17-4-2)10-18-13-7-5-11(9-15)6-8-13/h3,5-8H,4,10H2,1-2H3/b12-3+. The number of hydrogen-bond acceptors (Lipinski definition) is 4. The van der Waals surface area contributed by atoms with E-state index >= 15 is 0 Å². The summed E-state index contributed by atoms with van der Waals surface area (Å²) in [6, 6.07) is 8.73. The monoisotopic (exact) mass is 245 g/mol. The lowest BCUT2D eigenvalue weighted by Crippen LogP contribution is -2.14. The maximum absolute atomic E-state index is 11.5. The van der Waals surface area contributed by atoms with Crippen molar-refractivity contribution < 1.29 is 14.3 Å². The molecular weight excluding hydrogens is 230 g/mol. The second kappa shape index (κ2) is 7.13. The maximum atomic E-state index is 11.5. The molecule has 0 N–H and O–H groups in total. The highest BCUT2D eigenvalue weighted by Crippen LogP contribution is 2.13. The number of benzene rings is 1. The van der Waals surface area contributed by atoms with Crippen molar-refractivity contribution in [2.75, 3.05) is 13.2 Å². The number of allylic oxidation sites excluding steroid dienone is 1. The van der Waals surface area contributed by atoms with Crippen molar-refractivity contribution >= 4 is 5.97 Å². The Morgan fingerprint density at radius 2 is 2.06 bits per heavy atom. The molecule has 0 unspecified atom stereocenters. The molecule has 0 saturated heterocycles. The molecule has 94 valence electrons. The normalized spacial score (nSPS) is 10.6. The second-order valence-electron chi connectivity index (χ2n) is 3.46. The first-order valence-electron chi connectivity index (χ1n) is 5.66. The lowest BCUT2D eigenvalue weighted by Gasteiger charge is -2.08. The van der Waals surface area contributed by atoms with Crippen molar-refractivity contribution in [1.82, 2.24) is 0 Å². The van der Waals surface area contributed by atoms with Gasteiger partial charge in [0.1, 0.15) is 12.4 Å². The molecule has 18 heavy (non-hydrogen) atoms. The van der Waals surface area contributed by atoms with Crippen LogP contribution in [0.2, 0.25) is 0 Å². The smallest absolute Gasteiger partial charge is 0.337 e. The Morgan fingerprint density at radius 1 is 1.39 bits per heavy atom. The molecule has 0 radical (unpaired) electrons. The van der Waals surface area contributed by atoms with E-state index in [1.165, 1.54) is 0 Å². The Hall–Kier alpha value is -2.28. The van der Waals surface area contributed by atoms with Gasteiger partial charge in [0.15, 0.2) is 0 Å². The molecule has 0 atom stereocenters. The Morgan fingerprint density at radius 3 is 2.56 bits per heavy atom. The van der Waals surface area contributed by atoms with E-state index in [-0.39, 0.29) is 12.6 Å². The van der Waals surface area contributed by atoms with Gasteiger partial charge in [0.2, 0.25) is 0 Å². The van der Waals surface area contributed by atoms with Crippen molar-refractivity contribution in [3.8, 4) is 11.8 Å². The highest BCUT2D eigenvalue weighted by atomic mass is 16.5. The molecule has 4 nitrogen and oxygen atoms in total. The molecule has 0 aromatic heterocycles. The van der Waals surface area contributed by atoms with Gasteiger partial charge in [-0.1, -0.05) is 6.08 Å². The van der Waals surface area contributed by atoms with Gasteiger partial charge in [0, 0.05) is 0 Å². The molecule has 1 aromatic rings. The maximum Gasteiger partial charge on any atom is 0.337 e. The van der Waals surface area contributed by atoms with E-state index in [1.807, 2.05) is 6.07 Å². The molecule has 0 aliphatic carbocycles. The Kier molecular flexibility index (Phi) is 5.46. The predicted octanol–water partition coefficient (Wildman–Crippen LogP) is 2.45. The fourth-order valence-corrected chi connectivity index (χ4v) is 1.27. The summed E-state index contributed by atoms with van der Waals surface area (Å²) < 4.78 is 10.3. The summed E-state index contributed by atoms with van der Waals surface area (Å²) >= 11 is 0. The Balaban J connectivity index is 2.58. The number of carbonyl (C=O) groups excluding carboxylic acids is 1. The molecule has 1 aromatic carbocycles. The van der Waals surface area contributed by atoms with Crippen LogP contribution in [0.1, 0.15) is 19.4 Å². The zero-order chi connectivity index (χ0) is 13.4. The van der Waals surface area contributed by atoms with E-state index in [0.717, 1.165) is 0 Å². The van der Waals surface area contributed by atoms with Gasteiger partial charge in [-0.25, -0.2) is 4.79 Å². The number of hydrogen-bond donors (Lipinski definition) is 0. The highest BCUT2D eigenvalue weighted by Gasteiger charge is 2.09. The van der Waals surface area contributed by atoms with E-state index in [0.29, 0.717) is 23.5 Å². The first-order valence-corrected chi connectivity index (χ1v) is 5.66. The summed E-state index contributed by atoms with van der Waals surface area (Å²) in [4.78, 5) is 11.5. The van der Waals surface area contributed by atoms with Crippen LogP contribution in [0.5, 0.6) is 5.75 Å². The van der Waals surface area contributed by atoms with E-state index in [2.05, 4.69) is 0 Å². The molecule has 0 saturated carbocycles. The summed E-state index contributed by atoms with van der Waals surface area (Å²) in [6.07, 6.45) is 1.67. The van der Waals surface area contributed by atoms with Crippen LogP contribution in [0.3, 0.4) is 0 Å². The highest BCUT2D eigenvalue weighted by molar-refractivity contribution is 5.88. The fraction of sp³-hybridized carbons (Fsp3) is 0.286. The molecule has 0 amide bonds. The van der Waals surface area contributed by atoms with Gasteiger partial charge in [-0.3, -0.25) is 0 Å². The van der Waals surface area contributed by atoms with Gasteiger partial charge in [0.25, 0.3) is 0 Å². The van der Waals surface area contributed by atoms with Gasteiger partial charge >= 0.3 is 5.97 Å². The van der Waals surface area contributed by atoms with E-state index < -0.39 is 0 Å². The number of ether oxygens (including phenoxy) is 2. The third kappa shape index (κ3) is 3.95. The van der Waals surface area contributed by atoms with E-state index in [4.69, 9.17) is 14.7 Å². The number of rotatable bonds is 5. The van der Waals surface area contributed by atoms with Gasteiger partial charge in [0.05, 0.1) is 23.8 Å². The average molecular weight is 245 g/mol. The van der Waals surface area contributed by atoms with Crippen LogP contribution in [0.4, 0.5) is 0 Å². The third-order valence-electron chi connectivity index (χ3n) is 2.26. The van der Waals surface area contributed by atoms with Crippen LogP contribution in [0, 0.1) is 11.3 Å². The summed E-state index contributed by atoms with van der Waals surface area (Å²) in [7, 11) is 0. The van der Waals surface area contributed by atoms with Crippen molar-refractivity contribution in [1.29, 1.82) is 5.26 Å². The minimum absolute atomic E-state index is 0.154. The minimum atomic E-state index is -0.367. The van der Waals surface area contributed by atoms with Gasteiger partial charge < -0.3 is 9.47 Å². The molecule has 0 aliphatic rings. The molecule has 0 aliphatic heterocycles. The zero-order valence-corrected chi connectivity index (χ0v) is 10.5. The van der Waals surface area contributed by atoms with E-state index in [1.54, 1.807) is 44.2 Å². The third-order valence-corrected chi connectivity index (χ3v) is 2.26. The average Bonchev–Trinajstić information content (AvgIpc) is 2.40. The lowest BCUT2D eigenvalue weighted by atomic mass is 10.2. The minimum Gasteiger partial charge on any atom is -0.489 e. The van der Waals surface area contributed by atoms with Crippen LogP contribution in [-0.4, -0.2) is 19.2 Å². The Labute approximate surface area is 106 Å². The molecule has 0 bridgehead atoms. The zero-order valence-electron chi connectivity index (χ0n) is 10.5. The van der Waals surface area contributed by atoms with Gasteiger partial charge in [-0.2, -0.15) is 5.26 Å². The van der Waals surface area contributed by atoms with Crippen molar-refractivity contribution in [3.05, 3.63) is 41.5 Å². The first-order chi connectivity index (χ1) is 8.71. The van der Waals surface area contributed by atoms with Crippen molar-refractivity contribution in [3.63, 3.8) is 0 Å². The van der Waals surface area contributed by atoms with Crippen LogP contribution in [-0.2, 0) is 9.53 Å². The summed E-state index contributed by atoms with van der Waals surface area (Å²) in [5.74, 6) is 0.242. The topological polar surface area (TPSA) is 59.3 Å². The van der Waals surface area contributed by atoms with Crippen molar-refractivity contribution in [2.24, 2.45) is 0 Å². The second-order valence-corrected chi connectivity index (χ2v) is 3.46. The predicted molar refractivity (Wildman–Crippen MR) is 67.0 cm³/mol. The van der Waals surface area contributed by atoms with Gasteiger partial charge in [-0.05, 0) is 38.1 Å². The van der Waals surface area contributed by atoms with Gasteiger partial charge in [-0.15, -0.1) is 0 Å². The molecular formula is C14H15NO3. The molecule has 4 heteroatoms. The molecule has 1 rings (SSSR count). The van der Waals surface area contributed by atoms with Crippen LogP contribution in [0.15, 0.2) is 35.9 Å². The molecule has 0 fully saturated rings.